The minimum absolute atomic E-state index is 0.0238. The molecular formula is C15H16N4O2S. The monoisotopic (exact) mass is 316 g/mol. The lowest BCUT2D eigenvalue weighted by Gasteiger charge is -2.06. The summed E-state index contributed by atoms with van der Waals surface area (Å²) in [7, 11) is 0. The number of rotatable bonds is 5. The lowest BCUT2D eigenvalue weighted by Crippen LogP contribution is -2.14. The zero-order valence-electron chi connectivity index (χ0n) is 11.8. The number of hydrogen-bond acceptors (Lipinski definition) is 4. The molecule has 0 fully saturated rings. The van der Waals surface area contributed by atoms with Crippen LogP contribution in [-0.2, 0) is 4.79 Å². The van der Waals surface area contributed by atoms with E-state index in [1.54, 1.807) is 12.3 Å². The molecule has 3 rings (SSSR count). The van der Waals surface area contributed by atoms with Crippen molar-refractivity contribution in [1.29, 1.82) is 0 Å². The van der Waals surface area contributed by atoms with Crippen LogP contribution in [0.5, 0.6) is 0 Å². The highest BCUT2D eigenvalue weighted by Gasteiger charge is 2.15. The van der Waals surface area contributed by atoms with Gasteiger partial charge in [-0.05, 0) is 24.8 Å². The summed E-state index contributed by atoms with van der Waals surface area (Å²) < 4.78 is 0. The van der Waals surface area contributed by atoms with Crippen molar-refractivity contribution < 1.29 is 9.59 Å². The van der Waals surface area contributed by atoms with Gasteiger partial charge in [0.1, 0.15) is 5.69 Å². The maximum Gasteiger partial charge on any atom is 0.265 e. The molecule has 2 aromatic heterocycles. The Morgan fingerprint density at radius 2 is 2.36 bits per heavy atom. The average molecular weight is 316 g/mol. The van der Waals surface area contributed by atoms with Gasteiger partial charge in [-0.1, -0.05) is 12.2 Å². The number of nitrogens with two attached hydrogens (primary N) is 1. The number of carbonyl (C=O) groups is 2. The fourth-order valence-electron chi connectivity index (χ4n) is 2.42. The summed E-state index contributed by atoms with van der Waals surface area (Å²) in [5, 5.41) is 5.21. The maximum atomic E-state index is 12.0. The second-order valence-corrected chi connectivity index (χ2v) is 6.08. The van der Waals surface area contributed by atoms with Crippen LogP contribution in [0.3, 0.4) is 0 Å². The van der Waals surface area contributed by atoms with Crippen LogP contribution in [0.25, 0.3) is 11.3 Å². The summed E-state index contributed by atoms with van der Waals surface area (Å²) in [5.74, 6) is -0.203. The third-order valence-corrected chi connectivity index (χ3v) is 4.31. The highest BCUT2D eigenvalue weighted by Crippen LogP contribution is 2.26. The summed E-state index contributed by atoms with van der Waals surface area (Å²) in [6, 6.07) is 1.65. The van der Waals surface area contributed by atoms with Gasteiger partial charge in [0.25, 0.3) is 5.91 Å². The number of primary amides is 1. The standard InChI is InChI=1S/C15H16N4O2S/c16-14(21)11-6-10(7-17-11)12-8-22-15(18-12)19-13(20)5-9-3-1-2-4-9/h1,3,6-9,17H,2,4-5H2,(H2,16,21)(H,18,19,20). The molecule has 0 aromatic carbocycles. The van der Waals surface area contributed by atoms with Crippen molar-refractivity contribution in [2.24, 2.45) is 11.7 Å². The molecule has 0 bridgehead atoms. The fraction of sp³-hybridized carbons (Fsp3) is 0.267. The van der Waals surface area contributed by atoms with E-state index in [2.05, 4.69) is 27.4 Å². The van der Waals surface area contributed by atoms with Gasteiger partial charge in [-0.25, -0.2) is 4.98 Å². The molecule has 0 saturated carbocycles. The summed E-state index contributed by atoms with van der Waals surface area (Å²) in [4.78, 5) is 30.2. The first-order valence-corrected chi connectivity index (χ1v) is 7.90. The summed E-state index contributed by atoms with van der Waals surface area (Å²) in [5.41, 5.74) is 7.01. The average Bonchev–Trinajstić information content (AvgIpc) is 3.18. The minimum atomic E-state index is -0.514. The molecule has 114 valence electrons. The van der Waals surface area contributed by atoms with Gasteiger partial charge in [0.2, 0.25) is 5.91 Å². The lowest BCUT2D eigenvalue weighted by molar-refractivity contribution is -0.116. The van der Waals surface area contributed by atoms with Crippen LogP contribution in [0.15, 0.2) is 29.8 Å². The van der Waals surface area contributed by atoms with Crippen molar-refractivity contribution in [1.82, 2.24) is 9.97 Å². The summed E-state index contributed by atoms with van der Waals surface area (Å²) >= 11 is 1.36. The van der Waals surface area contributed by atoms with E-state index in [4.69, 9.17) is 5.73 Å². The van der Waals surface area contributed by atoms with E-state index in [-0.39, 0.29) is 5.91 Å². The molecule has 1 atom stereocenters. The van der Waals surface area contributed by atoms with Gasteiger partial charge in [0.05, 0.1) is 5.69 Å². The number of nitrogens with one attached hydrogen (secondary N) is 2. The van der Waals surface area contributed by atoms with Crippen LogP contribution in [-0.4, -0.2) is 21.8 Å². The normalized spacial score (nSPS) is 16.8. The molecule has 2 aromatic rings. The number of hydrogen-bond donors (Lipinski definition) is 3. The van der Waals surface area contributed by atoms with Crippen molar-refractivity contribution in [3.8, 4) is 11.3 Å². The first-order valence-electron chi connectivity index (χ1n) is 7.02. The van der Waals surface area contributed by atoms with Crippen LogP contribution in [0.4, 0.5) is 5.13 Å². The molecule has 2 amide bonds. The van der Waals surface area contributed by atoms with Gasteiger partial charge >= 0.3 is 0 Å². The van der Waals surface area contributed by atoms with Gasteiger partial charge in [-0.2, -0.15) is 0 Å². The molecule has 0 spiro atoms. The third-order valence-electron chi connectivity index (χ3n) is 3.55. The predicted octanol–water partition coefficient (Wildman–Crippen LogP) is 2.53. The number of aromatic nitrogens is 2. The van der Waals surface area contributed by atoms with Crippen molar-refractivity contribution in [2.75, 3.05) is 5.32 Å². The molecule has 4 N–H and O–H groups in total. The summed E-state index contributed by atoms with van der Waals surface area (Å²) in [6.45, 7) is 0. The highest BCUT2D eigenvalue weighted by molar-refractivity contribution is 7.14. The van der Waals surface area contributed by atoms with Crippen LogP contribution in [0.2, 0.25) is 0 Å². The van der Waals surface area contributed by atoms with Crippen molar-refractivity contribution in [3.05, 3.63) is 35.5 Å². The van der Waals surface area contributed by atoms with Gasteiger partial charge in [0, 0.05) is 23.6 Å². The Kier molecular flexibility index (Phi) is 4.06. The van der Waals surface area contributed by atoms with Crippen LogP contribution >= 0.6 is 11.3 Å². The Labute approximate surface area is 131 Å². The van der Waals surface area contributed by atoms with Gasteiger partial charge in [-0.15, -0.1) is 11.3 Å². The van der Waals surface area contributed by atoms with Gasteiger partial charge < -0.3 is 16.0 Å². The van der Waals surface area contributed by atoms with E-state index in [0.717, 1.165) is 18.4 Å². The predicted molar refractivity (Wildman–Crippen MR) is 85.5 cm³/mol. The van der Waals surface area contributed by atoms with Crippen molar-refractivity contribution in [2.45, 2.75) is 19.3 Å². The number of aromatic amines is 1. The molecule has 1 aliphatic carbocycles. The van der Waals surface area contributed by atoms with Crippen LogP contribution in [0.1, 0.15) is 29.8 Å². The Morgan fingerprint density at radius 3 is 3.05 bits per heavy atom. The minimum Gasteiger partial charge on any atom is -0.364 e. The van der Waals surface area contributed by atoms with Crippen LogP contribution in [0, 0.1) is 5.92 Å². The number of thiazole rings is 1. The third kappa shape index (κ3) is 3.25. The van der Waals surface area contributed by atoms with E-state index in [9.17, 15) is 9.59 Å². The van der Waals surface area contributed by atoms with E-state index in [1.807, 2.05) is 5.38 Å². The number of carbonyl (C=O) groups excluding carboxylic acids is 2. The zero-order chi connectivity index (χ0) is 15.5. The van der Waals surface area contributed by atoms with E-state index in [0.29, 0.717) is 28.9 Å². The zero-order valence-corrected chi connectivity index (χ0v) is 12.7. The molecular weight excluding hydrogens is 300 g/mol. The molecule has 0 radical (unpaired) electrons. The molecule has 0 saturated heterocycles. The molecule has 1 aliphatic rings. The first kappa shape index (κ1) is 14.5. The van der Waals surface area contributed by atoms with Crippen LogP contribution < -0.4 is 11.1 Å². The molecule has 0 aliphatic heterocycles. The van der Waals surface area contributed by atoms with Crippen molar-refractivity contribution in [3.63, 3.8) is 0 Å². The molecule has 7 heteroatoms. The quantitative estimate of drug-likeness (QED) is 0.739. The second-order valence-electron chi connectivity index (χ2n) is 5.22. The van der Waals surface area contributed by atoms with Gasteiger partial charge in [0.15, 0.2) is 5.13 Å². The van der Waals surface area contributed by atoms with E-state index >= 15 is 0 Å². The Balaban J connectivity index is 1.64. The Hall–Kier alpha value is -2.41. The fourth-order valence-corrected chi connectivity index (χ4v) is 3.16. The molecule has 2 heterocycles. The molecule has 22 heavy (non-hydrogen) atoms. The van der Waals surface area contributed by atoms with Crippen molar-refractivity contribution >= 4 is 28.3 Å². The summed E-state index contributed by atoms with van der Waals surface area (Å²) in [6.07, 6.45) is 8.45. The maximum absolute atomic E-state index is 12.0. The lowest BCUT2D eigenvalue weighted by atomic mass is 10.1. The number of allylic oxidation sites excluding steroid dienone is 2. The second kappa shape index (κ2) is 6.15. The topological polar surface area (TPSA) is 101 Å². The van der Waals surface area contributed by atoms with E-state index in [1.165, 1.54) is 11.3 Å². The SMILES string of the molecule is NC(=O)c1cc(-c2csc(NC(=O)CC3C=CCC3)n2)c[nH]1. The Bertz CT molecular complexity index is 731. The van der Waals surface area contributed by atoms with Gasteiger partial charge in [-0.3, -0.25) is 9.59 Å². The highest BCUT2D eigenvalue weighted by atomic mass is 32.1. The number of nitrogens with zero attached hydrogens (tertiary/aromatic N) is 1. The van der Waals surface area contributed by atoms with E-state index < -0.39 is 5.91 Å². The number of anilines is 1. The number of H-pyrrole nitrogens is 1. The molecule has 1 unspecified atom stereocenters. The Morgan fingerprint density at radius 1 is 1.50 bits per heavy atom. The largest absolute Gasteiger partial charge is 0.364 e. The smallest absolute Gasteiger partial charge is 0.265 e. The first-order chi connectivity index (χ1) is 10.6. The molecule has 6 nitrogen and oxygen atoms in total. The number of amides is 2.